The quantitative estimate of drug-likeness (QED) is 0.750. The molecule has 1 aliphatic heterocycles. The summed E-state index contributed by atoms with van der Waals surface area (Å²) in [5.41, 5.74) is 0. The summed E-state index contributed by atoms with van der Waals surface area (Å²) >= 11 is 0. The lowest BCUT2D eigenvalue weighted by Gasteiger charge is -2.32. The van der Waals surface area contributed by atoms with Crippen LogP contribution in [-0.2, 0) is 4.79 Å². The number of nitrogens with zero attached hydrogens (tertiary/aromatic N) is 1. The van der Waals surface area contributed by atoms with Crippen LogP contribution in [0.2, 0.25) is 0 Å². The Morgan fingerprint density at radius 1 is 1.40 bits per heavy atom. The van der Waals surface area contributed by atoms with Crippen LogP contribution in [0, 0.1) is 11.8 Å². The SMILES string of the molecule is CCC1CCC(N2C(=O)CNC2C)C1C. The van der Waals surface area contributed by atoms with Gasteiger partial charge in [-0.1, -0.05) is 20.3 Å². The normalized spacial score (nSPS) is 41.5. The molecule has 0 spiro atoms. The molecule has 3 heteroatoms. The Bertz CT molecular complexity index is 254. The van der Waals surface area contributed by atoms with Gasteiger partial charge < -0.3 is 4.90 Å². The molecule has 4 atom stereocenters. The van der Waals surface area contributed by atoms with Gasteiger partial charge in [-0.2, -0.15) is 0 Å². The van der Waals surface area contributed by atoms with Crippen molar-refractivity contribution in [2.24, 2.45) is 11.8 Å². The summed E-state index contributed by atoms with van der Waals surface area (Å²) in [6.07, 6.45) is 3.97. The van der Waals surface area contributed by atoms with E-state index in [1.54, 1.807) is 0 Å². The molecule has 1 saturated carbocycles. The maximum Gasteiger partial charge on any atom is 0.238 e. The molecule has 1 N–H and O–H groups in total. The molecule has 2 rings (SSSR count). The van der Waals surface area contributed by atoms with Crippen LogP contribution in [0.4, 0.5) is 0 Å². The molecule has 2 aliphatic rings. The fourth-order valence-corrected chi connectivity index (χ4v) is 3.31. The Kier molecular flexibility index (Phi) is 3.01. The molecule has 0 bridgehead atoms. The molecular weight excluding hydrogens is 188 g/mol. The van der Waals surface area contributed by atoms with E-state index < -0.39 is 0 Å². The third-order valence-corrected chi connectivity index (χ3v) is 4.32. The van der Waals surface area contributed by atoms with Crippen molar-refractivity contribution < 1.29 is 4.79 Å². The highest BCUT2D eigenvalue weighted by atomic mass is 16.2. The topological polar surface area (TPSA) is 32.3 Å². The smallest absolute Gasteiger partial charge is 0.238 e. The fourth-order valence-electron chi connectivity index (χ4n) is 3.31. The highest BCUT2D eigenvalue weighted by molar-refractivity contribution is 5.81. The average Bonchev–Trinajstić information content (AvgIpc) is 2.71. The minimum absolute atomic E-state index is 0.237. The molecule has 1 aliphatic carbocycles. The summed E-state index contributed by atoms with van der Waals surface area (Å²) in [5.74, 6) is 1.77. The van der Waals surface area contributed by atoms with Crippen molar-refractivity contribution in [3.8, 4) is 0 Å². The minimum Gasteiger partial charge on any atom is -0.323 e. The van der Waals surface area contributed by atoms with E-state index in [0.29, 0.717) is 18.5 Å². The van der Waals surface area contributed by atoms with Crippen LogP contribution in [-0.4, -0.2) is 29.6 Å². The minimum atomic E-state index is 0.237. The predicted molar refractivity (Wildman–Crippen MR) is 60.3 cm³/mol. The number of amides is 1. The van der Waals surface area contributed by atoms with Crippen molar-refractivity contribution in [3.05, 3.63) is 0 Å². The zero-order valence-electron chi connectivity index (χ0n) is 9.99. The first-order valence-corrected chi connectivity index (χ1v) is 6.19. The Labute approximate surface area is 92.2 Å². The molecule has 0 radical (unpaired) electrons. The summed E-state index contributed by atoms with van der Waals surface area (Å²) in [5, 5.41) is 3.23. The molecule has 4 unspecified atom stereocenters. The van der Waals surface area contributed by atoms with Crippen molar-refractivity contribution >= 4 is 5.91 Å². The second kappa shape index (κ2) is 4.12. The molecule has 0 aromatic rings. The van der Waals surface area contributed by atoms with Crippen LogP contribution in [0.15, 0.2) is 0 Å². The fraction of sp³-hybridized carbons (Fsp3) is 0.917. The van der Waals surface area contributed by atoms with Crippen LogP contribution in [0.5, 0.6) is 0 Å². The van der Waals surface area contributed by atoms with Crippen molar-refractivity contribution in [1.29, 1.82) is 0 Å². The largest absolute Gasteiger partial charge is 0.323 e. The first-order valence-electron chi connectivity index (χ1n) is 6.19. The molecule has 1 heterocycles. The zero-order valence-corrected chi connectivity index (χ0v) is 9.99. The lowest BCUT2D eigenvalue weighted by molar-refractivity contribution is -0.130. The second-order valence-electron chi connectivity index (χ2n) is 5.03. The van der Waals surface area contributed by atoms with Gasteiger partial charge in [0.05, 0.1) is 12.7 Å². The Hall–Kier alpha value is -0.570. The highest BCUT2D eigenvalue weighted by Crippen LogP contribution is 2.38. The molecule has 2 fully saturated rings. The van der Waals surface area contributed by atoms with Crippen LogP contribution in [0.3, 0.4) is 0 Å². The molecule has 1 amide bonds. The number of hydrogen-bond acceptors (Lipinski definition) is 2. The molecule has 0 aromatic heterocycles. The van der Waals surface area contributed by atoms with Gasteiger partial charge in [-0.05, 0) is 31.6 Å². The van der Waals surface area contributed by atoms with E-state index in [4.69, 9.17) is 0 Å². The number of nitrogens with one attached hydrogen (secondary N) is 1. The third-order valence-electron chi connectivity index (χ3n) is 4.32. The highest BCUT2D eigenvalue weighted by Gasteiger charge is 2.41. The summed E-state index contributed by atoms with van der Waals surface area (Å²) in [7, 11) is 0. The van der Waals surface area contributed by atoms with E-state index in [1.807, 2.05) is 0 Å². The van der Waals surface area contributed by atoms with Gasteiger partial charge in [-0.15, -0.1) is 0 Å². The van der Waals surface area contributed by atoms with Crippen LogP contribution in [0.1, 0.15) is 40.0 Å². The van der Waals surface area contributed by atoms with Gasteiger partial charge >= 0.3 is 0 Å². The Balaban J connectivity index is 2.08. The Morgan fingerprint density at radius 3 is 2.60 bits per heavy atom. The zero-order chi connectivity index (χ0) is 11.0. The average molecular weight is 210 g/mol. The van der Waals surface area contributed by atoms with Gasteiger partial charge in [0.1, 0.15) is 0 Å². The van der Waals surface area contributed by atoms with Gasteiger partial charge in [0.15, 0.2) is 0 Å². The molecule has 0 aromatic carbocycles. The molecule has 1 saturated heterocycles. The maximum absolute atomic E-state index is 11.8. The first kappa shape index (κ1) is 10.9. The molecule has 86 valence electrons. The predicted octanol–water partition coefficient (Wildman–Crippen LogP) is 1.59. The van der Waals surface area contributed by atoms with E-state index in [2.05, 4.69) is 31.0 Å². The van der Waals surface area contributed by atoms with E-state index in [1.165, 1.54) is 19.3 Å². The van der Waals surface area contributed by atoms with Gasteiger partial charge in [-0.25, -0.2) is 0 Å². The van der Waals surface area contributed by atoms with Crippen molar-refractivity contribution in [1.82, 2.24) is 10.2 Å². The second-order valence-corrected chi connectivity index (χ2v) is 5.03. The van der Waals surface area contributed by atoms with Crippen LogP contribution in [0.25, 0.3) is 0 Å². The molecule has 15 heavy (non-hydrogen) atoms. The standard InChI is InChI=1S/C12H22N2O/c1-4-10-5-6-11(8(10)2)14-9(3)13-7-12(14)15/h8-11,13H,4-7H2,1-3H3. The molecule has 3 nitrogen and oxygen atoms in total. The van der Waals surface area contributed by atoms with Crippen LogP contribution >= 0.6 is 0 Å². The monoisotopic (exact) mass is 210 g/mol. The number of rotatable bonds is 2. The van der Waals surface area contributed by atoms with E-state index in [-0.39, 0.29) is 12.1 Å². The van der Waals surface area contributed by atoms with Gasteiger partial charge in [0.25, 0.3) is 0 Å². The third kappa shape index (κ3) is 1.78. The van der Waals surface area contributed by atoms with E-state index >= 15 is 0 Å². The first-order chi connectivity index (χ1) is 7.15. The number of hydrogen-bond donors (Lipinski definition) is 1. The maximum atomic E-state index is 11.8. The van der Waals surface area contributed by atoms with Crippen molar-refractivity contribution in [3.63, 3.8) is 0 Å². The van der Waals surface area contributed by atoms with Crippen LogP contribution < -0.4 is 5.32 Å². The lowest BCUT2D eigenvalue weighted by Crippen LogP contribution is -2.44. The molecular formula is C12H22N2O. The summed E-state index contributed by atoms with van der Waals surface area (Å²) < 4.78 is 0. The van der Waals surface area contributed by atoms with Gasteiger partial charge in [0, 0.05) is 6.04 Å². The summed E-state index contributed by atoms with van der Waals surface area (Å²) in [6, 6.07) is 0.479. The lowest BCUT2D eigenvalue weighted by atomic mass is 9.93. The van der Waals surface area contributed by atoms with Crippen molar-refractivity contribution in [2.45, 2.75) is 52.2 Å². The number of carbonyl (C=O) groups is 1. The van der Waals surface area contributed by atoms with E-state index in [0.717, 1.165) is 5.92 Å². The van der Waals surface area contributed by atoms with Gasteiger partial charge in [0.2, 0.25) is 5.91 Å². The van der Waals surface area contributed by atoms with E-state index in [9.17, 15) is 4.79 Å². The summed E-state index contributed by atoms with van der Waals surface area (Å²) in [4.78, 5) is 13.9. The van der Waals surface area contributed by atoms with Gasteiger partial charge in [-0.3, -0.25) is 10.1 Å². The van der Waals surface area contributed by atoms with Crippen molar-refractivity contribution in [2.75, 3.05) is 6.54 Å². The number of carbonyl (C=O) groups excluding carboxylic acids is 1. The summed E-state index contributed by atoms with van der Waals surface area (Å²) in [6.45, 7) is 7.19. The Morgan fingerprint density at radius 2 is 2.13 bits per heavy atom.